The van der Waals surface area contributed by atoms with Gasteiger partial charge >= 0.3 is 0 Å². The summed E-state index contributed by atoms with van der Waals surface area (Å²) in [7, 11) is -2.30. The number of aromatic nitrogens is 1. The SMILES string of the molecule is Cc1ccc2nc(N(/N=C/c3cccs3)C(=O)c3ccc(S(=O)(=O)N(C)c4ccccc4)cc3)sc2c1. The number of para-hydroxylation sites is 1. The summed E-state index contributed by atoms with van der Waals surface area (Å²) in [5.41, 5.74) is 2.71. The highest BCUT2D eigenvalue weighted by atomic mass is 32.2. The molecule has 0 aliphatic carbocycles. The van der Waals surface area contributed by atoms with E-state index in [1.165, 1.54) is 63.3 Å². The molecule has 0 aliphatic heterocycles. The molecule has 0 saturated carbocycles. The minimum atomic E-state index is -3.80. The van der Waals surface area contributed by atoms with Gasteiger partial charge in [-0.15, -0.1) is 11.3 Å². The topological polar surface area (TPSA) is 82.9 Å². The van der Waals surface area contributed by atoms with E-state index >= 15 is 0 Å². The van der Waals surface area contributed by atoms with Crippen LogP contribution in [0.15, 0.2) is 100 Å². The molecule has 0 spiro atoms. The number of fused-ring (bicyclic) bond motifs is 1. The molecule has 5 aromatic rings. The van der Waals surface area contributed by atoms with Crippen molar-refractivity contribution in [3.63, 3.8) is 0 Å². The largest absolute Gasteiger partial charge is 0.280 e. The molecule has 10 heteroatoms. The van der Waals surface area contributed by atoms with Crippen molar-refractivity contribution in [1.82, 2.24) is 4.98 Å². The predicted octanol–water partition coefficient (Wildman–Crippen LogP) is 6.17. The maximum atomic E-state index is 13.6. The number of rotatable bonds is 7. The number of amides is 1. The lowest BCUT2D eigenvalue weighted by Gasteiger charge is -2.19. The van der Waals surface area contributed by atoms with Crippen LogP contribution in [0.25, 0.3) is 10.2 Å². The zero-order valence-electron chi connectivity index (χ0n) is 20.0. The van der Waals surface area contributed by atoms with Crippen LogP contribution >= 0.6 is 22.7 Å². The normalized spacial score (nSPS) is 11.7. The number of hydrogen-bond donors (Lipinski definition) is 0. The van der Waals surface area contributed by atoms with E-state index in [0.29, 0.717) is 16.4 Å². The Morgan fingerprint density at radius 2 is 1.73 bits per heavy atom. The number of aryl methyl sites for hydroxylation is 1. The smallest absolute Gasteiger partial charge is 0.269 e. The number of hydrazone groups is 1. The Kier molecular flexibility index (Phi) is 6.88. The van der Waals surface area contributed by atoms with Crippen molar-refractivity contribution in [2.75, 3.05) is 16.4 Å². The van der Waals surface area contributed by atoms with Crippen LogP contribution in [0.1, 0.15) is 20.8 Å². The Hall–Kier alpha value is -3.86. The molecule has 1 amide bonds. The van der Waals surface area contributed by atoms with E-state index in [-0.39, 0.29) is 4.90 Å². The first kappa shape index (κ1) is 24.8. The van der Waals surface area contributed by atoms with E-state index in [1.807, 2.05) is 48.7 Å². The number of anilines is 2. The Labute approximate surface area is 223 Å². The average molecular weight is 547 g/mol. The summed E-state index contributed by atoms with van der Waals surface area (Å²) < 4.78 is 28.4. The summed E-state index contributed by atoms with van der Waals surface area (Å²) in [6, 6.07) is 24.4. The number of benzene rings is 3. The molecular weight excluding hydrogens is 525 g/mol. The van der Waals surface area contributed by atoms with Gasteiger partial charge in [-0.1, -0.05) is 41.7 Å². The van der Waals surface area contributed by atoms with Crippen LogP contribution in [-0.2, 0) is 10.0 Å². The molecule has 0 bridgehead atoms. The second-order valence-electron chi connectivity index (χ2n) is 8.18. The molecule has 0 radical (unpaired) electrons. The molecule has 2 heterocycles. The second kappa shape index (κ2) is 10.3. The molecule has 0 aliphatic rings. The monoisotopic (exact) mass is 546 g/mol. The number of carbonyl (C=O) groups is 1. The number of carbonyl (C=O) groups excluding carboxylic acids is 1. The van der Waals surface area contributed by atoms with Crippen molar-refractivity contribution in [2.45, 2.75) is 11.8 Å². The van der Waals surface area contributed by atoms with E-state index in [4.69, 9.17) is 0 Å². The fourth-order valence-electron chi connectivity index (χ4n) is 3.60. The van der Waals surface area contributed by atoms with Crippen LogP contribution in [0.2, 0.25) is 0 Å². The lowest BCUT2D eigenvalue weighted by Crippen LogP contribution is -2.27. The number of hydrogen-bond acceptors (Lipinski definition) is 7. The van der Waals surface area contributed by atoms with Crippen LogP contribution in [0.5, 0.6) is 0 Å². The van der Waals surface area contributed by atoms with Gasteiger partial charge in [0.05, 0.1) is 27.0 Å². The van der Waals surface area contributed by atoms with Gasteiger partial charge in [-0.3, -0.25) is 9.10 Å². The quantitative estimate of drug-likeness (QED) is 0.180. The lowest BCUT2D eigenvalue weighted by atomic mass is 10.2. The third-order valence-corrected chi connectivity index (χ3v) is 9.23. The molecule has 0 saturated heterocycles. The first-order chi connectivity index (χ1) is 17.8. The summed E-state index contributed by atoms with van der Waals surface area (Å²) in [6.07, 6.45) is 1.62. The second-order valence-corrected chi connectivity index (χ2v) is 12.1. The van der Waals surface area contributed by atoms with Crippen molar-refractivity contribution >= 4 is 65.9 Å². The predicted molar refractivity (Wildman–Crippen MR) is 152 cm³/mol. The van der Waals surface area contributed by atoms with Crippen molar-refractivity contribution in [3.05, 3.63) is 106 Å². The zero-order chi connectivity index (χ0) is 26.0. The molecule has 0 fully saturated rings. The zero-order valence-corrected chi connectivity index (χ0v) is 22.4. The fourth-order valence-corrected chi connectivity index (χ4v) is 6.40. The van der Waals surface area contributed by atoms with E-state index < -0.39 is 15.9 Å². The maximum Gasteiger partial charge on any atom is 0.280 e. The van der Waals surface area contributed by atoms with Gasteiger partial charge in [0.1, 0.15) is 0 Å². The van der Waals surface area contributed by atoms with Crippen molar-refractivity contribution in [3.8, 4) is 0 Å². The molecule has 0 atom stereocenters. The van der Waals surface area contributed by atoms with Gasteiger partial charge in [-0.2, -0.15) is 10.1 Å². The van der Waals surface area contributed by atoms with E-state index in [9.17, 15) is 13.2 Å². The van der Waals surface area contributed by atoms with Crippen LogP contribution in [-0.4, -0.2) is 32.6 Å². The molecule has 5 rings (SSSR count). The molecular formula is C27H22N4O3S3. The number of nitrogens with zero attached hydrogens (tertiary/aromatic N) is 4. The van der Waals surface area contributed by atoms with Gasteiger partial charge in [-0.05, 0) is 72.5 Å². The van der Waals surface area contributed by atoms with Gasteiger partial charge in [0.25, 0.3) is 15.9 Å². The van der Waals surface area contributed by atoms with Crippen LogP contribution in [0, 0.1) is 6.92 Å². The Morgan fingerprint density at radius 1 is 0.973 bits per heavy atom. The van der Waals surface area contributed by atoms with Gasteiger partial charge in [-0.25, -0.2) is 13.4 Å². The first-order valence-electron chi connectivity index (χ1n) is 11.3. The number of thiophene rings is 1. The first-order valence-corrected chi connectivity index (χ1v) is 14.4. The van der Waals surface area contributed by atoms with E-state index in [0.717, 1.165) is 20.7 Å². The van der Waals surface area contributed by atoms with Crippen molar-refractivity contribution in [2.24, 2.45) is 5.10 Å². The van der Waals surface area contributed by atoms with E-state index in [1.54, 1.807) is 30.5 Å². The molecule has 3 aromatic carbocycles. The molecule has 7 nitrogen and oxygen atoms in total. The summed E-state index contributed by atoms with van der Waals surface area (Å²) in [5, 5.41) is 8.08. The molecule has 37 heavy (non-hydrogen) atoms. The molecule has 2 aromatic heterocycles. The average Bonchev–Trinajstić information content (AvgIpc) is 3.58. The van der Waals surface area contributed by atoms with Gasteiger partial charge in [0.15, 0.2) is 0 Å². The summed E-state index contributed by atoms with van der Waals surface area (Å²) >= 11 is 2.87. The summed E-state index contributed by atoms with van der Waals surface area (Å²) in [6.45, 7) is 2.00. The van der Waals surface area contributed by atoms with Crippen molar-refractivity contribution < 1.29 is 13.2 Å². The minimum absolute atomic E-state index is 0.0829. The number of thiazole rings is 1. The highest BCUT2D eigenvalue weighted by molar-refractivity contribution is 7.92. The molecule has 0 unspecified atom stereocenters. The van der Waals surface area contributed by atoms with Gasteiger partial charge in [0.2, 0.25) is 5.13 Å². The molecule has 186 valence electrons. The highest BCUT2D eigenvalue weighted by Gasteiger charge is 2.24. The fraction of sp³-hybridized carbons (Fsp3) is 0.0741. The van der Waals surface area contributed by atoms with Crippen LogP contribution in [0.4, 0.5) is 10.8 Å². The van der Waals surface area contributed by atoms with Crippen molar-refractivity contribution in [1.29, 1.82) is 0 Å². The van der Waals surface area contributed by atoms with E-state index in [2.05, 4.69) is 10.1 Å². The Bertz CT molecular complexity index is 1680. The summed E-state index contributed by atoms with van der Waals surface area (Å²) in [5.74, 6) is -0.413. The van der Waals surface area contributed by atoms with Gasteiger partial charge in [0, 0.05) is 17.5 Å². The summed E-state index contributed by atoms with van der Waals surface area (Å²) in [4.78, 5) is 19.2. The Balaban J connectivity index is 1.47. The Morgan fingerprint density at radius 3 is 2.43 bits per heavy atom. The van der Waals surface area contributed by atoms with Gasteiger partial charge < -0.3 is 0 Å². The highest BCUT2D eigenvalue weighted by Crippen LogP contribution is 2.31. The van der Waals surface area contributed by atoms with Crippen LogP contribution < -0.4 is 9.31 Å². The lowest BCUT2D eigenvalue weighted by molar-refractivity contribution is 0.0987. The third kappa shape index (κ3) is 5.17. The maximum absolute atomic E-state index is 13.6. The minimum Gasteiger partial charge on any atom is -0.269 e. The standard InChI is InChI=1S/C27H22N4O3S3/c1-19-10-15-24-25(17-19)36-27(29-24)31(28-18-22-9-6-16-35-22)26(32)20-11-13-23(14-12-20)37(33,34)30(2)21-7-4-3-5-8-21/h3-18H,1-2H3/b28-18+. The third-order valence-electron chi connectivity index (χ3n) is 5.63. The van der Waals surface area contributed by atoms with Crippen LogP contribution in [0.3, 0.4) is 0 Å². The molecule has 0 N–H and O–H groups in total. The number of sulfonamides is 1.